The molecular weight excluding hydrogens is 413 g/mol. The van der Waals surface area contributed by atoms with Gasteiger partial charge in [-0.25, -0.2) is 9.18 Å². The molecule has 3 heterocycles. The zero-order chi connectivity index (χ0) is 22.7. The predicted molar refractivity (Wildman–Crippen MR) is 119 cm³/mol. The van der Waals surface area contributed by atoms with Crippen LogP contribution in [0.5, 0.6) is 0 Å². The van der Waals surface area contributed by atoms with Crippen LogP contribution < -0.4 is 0 Å². The SMILES string of the molecule is CCOC(=O)c1c(CCCO)c2ccc(F)c3c2n1CCCCOCc1n[nH]c(CC)c1-3. The quantitative estimate of drug-likeness (QED) is 0.559. The summed E-state index contributed by atoms with van der Waals surface area (Å²) in [5.41, 5.74) is 4.57. The van der Waals surface area contributed by atoms with Crippen molar-refractivity contribution in [3.8, 4) is 11.1 Å². The summed E-state index contributed by atoms with van der Waals surface area (Å²) >= 11 is 0. The number of hydrogen-bond acceptors (Lipinski definition) is 5. The first-order chi connectivity index (χ1) is 15.6. The minimum atomic E-state index is -0.419. The van der Waals surface area contributed by atoms with E-state index < -0.39 is 5.97 Å². The number of H-pyrrole nitrogens is 1. The van der Waals surface area contributed by atoms with Gasteiger partial charge in [0.25, 0.3) is 0 Å². The molecule has 0 saturated heterocycles. The maximum atomic E-state index is 15.5. The topological polar surface area (TPSA) is 89.4 Å². The van der Waals surface area contributed by atoms with Crippen LogP contribution in [0.3, 0.4) is 0 Å². The van der Waals surface area contributed by atoms with Crippen molar-refractivity contribution in [2.75, 3.05) is 19.8 Å². The third-order valence-corrected chi connectivity index (χ3v) is 6.01. The normalized spacial score (nSPS) is 14.2. The lowest BCUT2D eigenvalue weighted by Gasteiger charge is -2.14. The van der Waals surface area contributed by atoms with Crippen LogP contribution in [0.2, 0.25) is 0 Å². The van der Waals surface area contributed by atoms with Crippen LogP contribution in [0.4, 0.5) is 4.39 Å². The summed E-state index contributed by atoms with van der Waals surface area (Å²) in [7, 11) is 0. The van der Waals surface area contributed by atoms with E-state index in [9.17, 15) is 9.90 Å². The summed E-state index contributed by atoms with van der Waals surface area (Å²) in [5, 5.41) is 17.7. The van der Waals surface area contributed by atoms with Crippen molar-refractivity contribution in [2.45, 2.75) is 59.1 Å². The maximum absolute atomic E-state index is 15.5. The van der Waals surface area contributed by atoms with Crippen molar-refractivity contribution in [1.29, 1.82) is 0 Å². The molecule has 32 heavy (non-hydrogen) atoms. The number of halogens is 1. The minimum Gasteiger partial charge on any atom is -0.461 e. The van der Waals surface area contributed by atoms with Crippen molar-refractivity contribution in [2.24, 2.45) is 0 Å². The summed E-state index contributed by atoms with van der Waals surface area (Å²) in [4.78, 5) is 13.1. The van der Waals surface area contributed by atoms with Gasteiger partial charge in [-0.15, -0.1) is 0 Å². The number of aromatic nitrogens is 3. The van der Waals surface area contributed by atoms with Gasteiger partial charge < -0.3 is 19.1 Å². The second-order valence-corrected chi connectivity index (χ2v) is 7.98. The Balaban J connectivity index is 2.10. The molecule has 7 nitrogen and oxygen atoms in total. The van der Waals surface area contributed by atoms with Gasteiger partial charge in [0, 0.05) is 42.0 Å². The number of nitrogens with one attached hydrogen (secondary N) is 1. The molecule has 0 amide bonds. The maximum Gasteiger partial charge on any atom is 0.355 e. The van der Waals surface area contributed by atoms with E-state index in [4.69, 9.17) is 9.47 Å². The fourth-order valence-corrected chi connectivity index (χ4v) is 4.62. The fourth-order valence-electron chi connectivity index (χ4n) is 4.62. The Morgan fingerprint density at radius 3 is 2.91 bits per heavy atom. The van der Waals surface area contributed by atoms with Gasteiger partial charge in [-0.1, -0.05) is 6.92 Å². The average molecular weight is 444 g/mol. The molecule has 0 atom stereocenters. The minimum absolute atomic E-state index is 0.00614. The van der Waals surface area contributed by atoms with Crippen LogP contribution in [0.1, 0.15) is 60.5 Å². The Labute approximate surface area is 186 Å². The number of carbonyl (C=O) groups is 1. The van der Waals surface area contributed by atoms with E-state index in [1.807, 2.05) is 11.5 Å². The number of nitrogens with zero attached hydrogens (tertiary/aromatic N) is 2. The van der Waals surface area contributed by atoms with Crippen molar-refractivity contribution in [1.82, 2.24) is 14.8 Å². The molecule has 1 aromatic carbocycles. The molecule has 0 bridgehead atoms. The van der Waals surface area contributed by atoms with E-state index in [2.05, 4.69) is 10.2 Å². The number of aromatic amines is 1. The molecule has 0 radical (unpaired) electrons. The second kappa shape index (κ2) is 9.83. The van der Waals surface area contributed by atoms with E-state index in [-0.39, 0.29) is 19.0 Å². The lowest BCUT2D eigenvalue weighted by Crippen LogP contribution is -2.15. The van der Waals surface area contributed by atoms with Crippen molar-refractivity contribution in [3.63, 3.8) is 0 Å². The summed E-state index contributed by atoms with van der Waals surface area (Å²) in [5.74, 6) is -0.783. The van der Waals surface area contributed by atoms with Crippen LogP contribution in [0, 0.1) is 5.82 Å². The van der Waals surface area contributed by atoms with Crippen molar-refractivity contribution in [3.05, 3.63) is 40.6 Å². The molecule has 4 rings (SSSR count). The van der Waals surface area contributed by atoms with E-state index in [1.54, 1.807) is 13.0 Å². The van der Waals surface area contributed by atoms with E-state index >= 15 is 4.39 Å². The smallest absolute Gasteiger partial charge is 0.355 e. The predicted octanol–water partition coefficient (Wildman–Crippen LogP) is 4.14. The van der Waals surface area contributed by atoms with Gasteiger partial charge in [-0.3, -0.25) is 5.10 Å². The first kappa shape index (κ1) is 22.5. The Morgan fingerprint density at radius 1 is 1.31 bits per heavy atom. The number of fused-ring (bicyclic) bond motifs is 2. The standard InChI is InChI=1S/C24H30FN3O4/c1-3-18-21-19(27-26-18)14-31-13-6-5-11-28-22-16(9-10-17(25)20(21)22)15(8-7-12-29)23(28)24(30)32-4-2/h9-10,29H,3-8,11-14H2,1-2H3,(H,26,27). The Morgan fingerprint density at radius 2 is 2.16 bits per heavy atom. The Bertz CT molecular complexity index is 1120. The number of rotatable bonds is 6. The van der Waals surface area contributed by atoms with E-state index in [0.717, 1.165) is 29.5 Å². The monoisotopic (exact) mass is 443 g/mol. The number of esters is 1. The fraction of sp³-hybridized carbons (Fsp3) is 0.500. The largest absolute Gasteiger partial charge is 0.461 e. The van der Waals surface area contributed by atoms with Crippen LogP contribution in [-0.4, -0.2) is 45.7 Å². The van der Waals surface area contributed by atoms with Gasteiger partial charge >= 0.3 is 5.97 Å². The molecule has 3 aromatic rings. The zero-order valence-corrected chi connectivity index (χ0v) is 18.7. The van der Waals surface area contributed by atoms with Crippen LogP contribution in [-0.2, 0) is 35.5 Å². The lowest BCUT2D eigenvalue weighted by molar-refractivity contribution is 0.0512. The molecular formula is C24H30FN3O4. The van der Waals surface area contributed by atoms with Crippen LogP contribution in [0.25, 0.3) is 22.0 Å². The van der Waals surface area contributed by atoms with Gasteiger partial charge in [0.2, 0.25) is 0 Å². The zero-order valence-electron chi connectivity index (χ0n) is 18.7. The number of aryl methyl sites for hydroxylation is 3. The molecule has 0 unspecified atom stereocenters. The molecule has 1 aliphatic heterocycles. The molecule has 0 spiro atoms. The average Bonchev–Trinajstić information content (AvgIpc) is 3.32. The van der Waals surface area contributed by atoms with Gasteiger partial charge in [0.05, 0.1) is 24.4 Å². The highest BCUT2D eigenvalue weighted by atomic mass is 19.1. The molecule has 172 valence electrons. The number of benzene rings is 1. The summed E-state index contributed by atoms with van der Waals surface area (Å²) in [6.07, 6.45) is 3.24. The first-order valence-corrected chi connectivity index (χ1v) is 11.4. The Hall–Kier alpha value is -2.71. The second-order valence-electron chi connectivity index (χ2n) is 7.98. The highest BCUT2D eigenvalue weighted by molar-refractivity contribution is 6.05. The number of aliphatic hydroxyl groups is 1. The van der Waals surface area contributed by atoms with Gasteiger partial charge in [0.1, 0.15) is 11.5 Å². The molecule has 8 heteroatoms. The molecule has 0 fully saturated rings. The van der Waals surface area contributed by atoms with Crippen LogP contribution >= 0.6 is 0 Å². The van der Waals surface area contributed by atoms with E-state index in [0.29, 0.717) is 67.1 Å². The van der Waals surface area contributed by atoms with Crippen molar-refractivity contribution >= 4 is 16.9 Å². The molecule has 0 saturated carbocycles. The third kappa shape index (κ3) is 3.93. The number of ether oxygens (including phenoxy) is 2. The highest BCUT2D eigenvalue weighted by Crippen LogP contribution is 2.40. The van der Waals surface area contributed by atoms with Gasteiger partial charge in [0.15, 0.2) is 0 Å². The summed E-state index contributed by atoms with van der Waals surface area (Å²) < 4.78 is 28.7. The number of aliphatic hydroxyl groups excluding tert-OH is 1. The number of hydrogen-bond donors (Lipinski definition) is 2. The van der Waals surface area contributed by atoms with Gasteiger partial charge in [-0.05, 0) is 56.7 Å². The number of carbonyl (C=O) groups excluding carboxylic acids is 1. The summed E-state index contributed by atoms with van der Waals surface area (Å²) in [6.45, 7) is 5.42. The van der Waals surface area contributed by atoms with Crippen LogP contribution in [0.15, 0.2) is 12.1 Å². The molecule has 1 aliphatic rings. The molecule has 2 aromatic heterocycles. The highest BCUT2D eigenvalue weighted by Gasteiger charge is 2.29. The molecule has 0 aliphatic carbocycles. The van der Waals surface area contributed by atoms with E-state index in [1.165, 1.54) is 6.07 Å². The molecule has 2 N–H and O–H groups in total. The lowest BCUT2D eigenvalue weighted by atomic mass is 9.97. The Kier molecular flexibility index (Phi) is 6.91. The summed E-state index contributed by atoms with van der Waals surface area (Å²) in [6, 6.07) is 3.19. The van der Waals surface area contributed by atoms with Gasteiger partial charge in [-0.2, -0.15) is 5.10 Å². The first-order valence-electron chi connectivity index (χ1n) is 11.4. The van der Waals surface area contributed by atoms with Crippen molar-refractivity contribution < 1.29 is 23.8 Å². The third-order valence-electron chi connectivity index (χ3n) is 6.01.